The molecule has 22 heavy (non-hydrogen) atoms. The molecule has 0 aliphatic heterocycles. The van der Waals surface area contributed by atoms with Crippen molar-refractivity contribution in [2.45, 2.75) is 11.4 Å². The van der Waals surface area contributed by atoms with Gasteiger partial charge in [0.2, 0.25) is 0 Å². The van der Waals surface area contributed by atoms with Crippen molar-refractivity contribution in [1.82, 2.24) is 4.37 Å². The Kier molecular flexibility index (Phi) is 5.58. The number of phenolic OH excluding ortho intramolecular Hbond substituents is 1. The first kappa shape index (κ1) is 16.1. The molecule has 0 unspecified atom stereocenters. The number of aromatic nitrogens is 1. The van der Waals surface area contributed by atoms with E-state index in [4.69, 9.17) is 5.26 Å². The maximum atomic E-state index is 10.1. The Hall–Kier alpha value is -2.30. The minimum Gasteiger partial charge on any atom is -0.507 e. The number of hydrogen-bond donors (Lipinski definition) is 2. The normalized spacial score (nSPS) is 10.5. The van der Waals surface area contributed by atoms with Gasteiger partial charge in [-0.15, -0.1) is 18.3 Å². The first-order valence-corrected chi connectivity index (χ1v) is 8.35. The third kappa shape index (κ3) is 3.47. The first-order chi connectivity index (χ1) is 10.7. The number of nitriles is 1. The minimum absolute atomic E-state index is 0.183. The molecule has 5 nitrogen and oxygen atoms in total. The monoisotopic (exact) mass is 330 g/mol. The highest BCUT2D eigenvalue weighted by molar-refractivity contribution is 7.98. The maximum Gasteiger partial charge on any atom is 0.148 e. The third-order valence-corrected chi connectivity index (χ3v) is 4.40. The fraction of sp³-hybridized carbons (Fsp3) is 0.133. The predicted octanol–water partition coefficient (Wildman–Crippen LogP) is 3.62. The third-order valence-electron chi connectivity index (χ3n) is 2.85. The molecular formula is C15H14N4OS2. The molecule has 0 radical (unpaired) electrons. The maximum absolute atomic E-state index is 10.1. The highest BCUT2D eigenvalue weighted by Gasteiger charge is 2.12. The van der Waals surface area contributed by atoms with Gasteiger partial charge in [0, 0.05) is 5.56 Å². The van der Waals surface area contributed by atoms with Gasteiger partial charge in [-0.05, 0) is 35.8 Å². The topological polar surface area (TPSA) is 81.3 Å². The van der Waals surface area contributed by atoms with E-state index in [0.29, 0.717) is 27.6 Å². The summed E-state index contributed by atoms with van der Waals surface area (Å²) in [5, 5.41) is 24.6. The van der Waals surface area contributed by atoms with E-state index in [2.05, 4.69) is 27.5 Å². The quantitative estimate of drug-likeness (QED) is 0.366. The van der Waals surface area contributed by atoms with Crippen LogP contribution in [0.5, 0.6) is 5.75 Å². The molecule has 0 aliphatic carbocycles. The zero-order valence-electron chi connectivity index (χ0n) is 11.9. The van der Waals surface area contributed by atoms with E-state index in [9.17, 15) is 5.11 Å². The Bertz CT molecular complexity index is 746. The minimum atomic E-state index is 0.183. The smallest absolute Gasteiger partial charge is 0.148 e. The van der Waals surface area contributed by atoms with Crippen LogP contribution in [0.4, 0.5) is 5.00 Å². The zero-order valence-corrected chi connectivity index (χ0v) is 13.5. The molecule has 0 saturated carbocycles. The number of para-hydroxylation sites is 1. The molecule has 1 aromatic carbocycles. The van der Waals surface area contributed by atoms with Crippen molar-refractivity contribution < 1.29 is 5.11 Å². The van der Waals surface area contributed by atoms with Gasteiger partial charge in [0.1, 0.15) is 27.4 Å². The summed E-state index contributed by atoms with van der Waals surface area (Å²) >= 11 is 2.60. The van der Waals surface area contributed by atoms with Crippen molar-refractivity contribution in [2.24, 2.45) is 5.10 Å². The number of aromatic hydroxyl groups is 1. The van der Waals surface area contributed by atoms with Crippen molar-refractivity contribution in [3.8, 4) is 11.8 Å². The Balaban J connectivity index is 2.17. The molecule has 1 heterocycles. The summed E-state index contributed by atoms with van der Waals surface area (Å²) in [5.74, 6) is 0.183. The van der Waals surface area contributed by atoms with Gasteiger partial charge in [-0.1, -0.05) is 18.2 Å². The highest BCUT2D eigenvalue weighted by Crippen LogP contribution is 2.29. The van der Waals surface area contributed by atoms with E-state index in [1.165, 1.54) is 29.5 Å². The molecule has 1 aromatic heterocycles. The van der Waals surface area contributed by atoms with Crippen molar-refractivity contribution in [2.75, 3.05) is 11.7 Å². The number of rotatable bonds is 6. The Labute approximate surface area is 137 Å². The first-order valence-electron chi connectivity index (χ1n) is 6.35. The van der Waals surface area contributed by atoms with Crippen LogP contribution in [0.1, 0.15) is 16.7 Å². The average molecular weight is 330 g/mol. The van der Waals surface area contributed by atoms with Crippen molar-refractivity contribution >= 4 is 34.5 Å². The van der Waals surface area contributed by atoms with Crippen LogP contribution in [0, 0.1) is 11.3 Å². The Morgan fingerprint density at radius 3 is 3.09 bits per heavy atom. The largest absolute Gasteiger partial charge is 0.507 e. The lowest BCUT2D eigenvalue weighted by Crippen LogP contribution is -1.93. The number of thioether (sulfide) groups is 1. The van der Waals surface area contributed by atoms with E-state index in [1.807, 2.05) is 18.4 Å². The molecule has 0 amide bonds. The standard InChI is InChI=1S/C15H14N4OS2/c1-3-5-10-6-4-7-11(13(10)20)9-17-18-14-12(8-16)15(21-2)19-22-14/h3-4,6-7,9,18,20H,1,5H2,2H3/b17-9-. The summed E-state index contributed by atoms with van der Waals surface area (Å²) in [5.41, 5.74) is 4.68. The summed E-state index contributed by atoms with van der Waals surface area (Å²) in [6.07, 6.45) is 5.70. The molecular weight excluding hydrogens is 316 g/mol. The van der Waals surface area contributed by atoms with Crippen LogP contribution in [0.25, 0.3) is 0 Å². The number of hydrogen-bond acceptors (Lipinski definition) is 7. The van der Waals surface area contributed by atoms with Crippen molar-refractivity contribution in [3.05, 3.63) is 47.5 Å². The van der Waals surface area contributed by atoms with Gasteiger partial charge in [0.15, 0.2) is 0 Å². The second kappa shape index (κ2) is 7.64. The lowest BCUT2D eigenvalue weighted by molar-refractivity contribution is 0.469. The molecule has 2 aromatic rings. The van der Waals surface area contributed by atoms with Gasteiger partial charge in [-0.2, -0.15) is 14.7 Å². The summed E-state index contributed by atoms with van der Waals surface area (Å²) in [6, 6.07) is 7.56. The molecule has 0 bridgehead atoms. The van der Waals surface area contributed by atoms with E-state index in [1.54, 1.807) is 12.1 Å². The Morgan fingerprint density at radius 2 is 2.41 bits per heavy atom. The van der Waals surface area contributed by atoms with Gasteiger partial charge >= 0.3 is 0 Å². The summed E-state index contributed by atoms with van der Waals surface area (Å²) in [6.45, 7) is 3.66. The van der Waals surface area contributed by atoms with Gasteiger partial charge < -0.3 is 5.11 Å². The van der Waals surface area contributed by atoms with Gasteiger partial charge in [0.25, 0.3) is 0 Å². The lowest BCUT2D eigenvalue weighted by Gasteiger charge is -2.04. The van der Waals surface area contributed by atoms with Gasteiger partial charge in [-0.3, -0.25) is 5.43 Å². The summed E-state index contributed by atoms with van der Waals surface area (Å²) < 4.78 is 4.17. The van der Waals surface area contributed by atoms with Crippen LogP contribution in [0.2, 0.25) is 0 Å². The fourth-order valence-corrected chi connectivity index (χ4v) is 3.20. The molecule has 0 fully saturated rings. The zero-order chi connectivity index (χ0) is 15.9. The molecule has 7 heteroatoms. The van der Waals surface area contributed by atoms with Crippen molar-refractivity contribution in [1.29, 1.82) is 5.26 Å². The molecule has 0 atom stereocenters. The number of nitrogens with one attached hydrogen (secondary N) is 1. The number of hydrazone groups is 1. The number of nitrogens with zero attached hydrogens (tertiary/aromatic N) is 3. The number of benzene rings is 1. The summed E-state index contributed by atoms with van der Waals surface area (Å²) in [7, 11) is 0. The van der Waals surface area contributed by atoms with Crippen LogP contribution >= 0.6 is 23.3 Å². The van der Waals surface area contributed by atoms with Crippen LogP contribution in [0.15, 0.2) is 41.0 Å². The van der Waals surface area contributed by atoms with E-state index < -0.39 is 0 Å². The van der Waals surface area contributed by atoms with Crippen molar-refractivity contribution in [3.63, 3.8) is 0 Å². The van der Waals surface area contributed by atoms with Crippen LogP contribution in [0.3, 0.4) is 0 Å². The fourth-order valence-electron chi connectivity index (χ4n) is 1.79. The second-order valence-corrected chi connectivity index (χ2v) is 5.79. The second-order valence-electron chi connectivity index (χ2n) is 4.23. The lowest BCUT2D eigenvalue weighted by atomic mass is 10.1. The van der Waals surface area contributed by atoms with E-state index in [-0.39, 0.29) is 5.75 Å². The van der Waals surface area contributed by atoms with Crippen LogP contribution in [-0.2, 0) is 6.42 Å². The SMILES string of the molecule is C=CCc1cccc(/C=N\Nc2snc(SC)c2C#N)c1O. The number of anilines is 1. The average Bonchev–Trinajstić information content (AvgIpc) is 2.93. The van der Waals surface area contributed by atoms with E-state index in [0.717, 1.165) is 5.56 Å². The van der Waals surface area contributed by atoms with Gasteiger partial charge in [-0.25, -0.2) is 0 Å². The molecule has 2 N–H and O–H groups in total. The number of phenols is 1. The van der Waals surface area contributed by atoms with Crippen LogP contribution < -0.4 is 5.43 Å². The van der Waals surface area contributed by atoms with Gasteiger partial charge in [0.05, 0.1) is 6.21 Å². The molecule has 0 aliphatic rings. The summed E-state index contributed by atoms with van der Waals surface area (Å²) in [4.78, 5) is 0. The molecule has 0 saturated heterocycles. The molecule has 112 valence electrons. The highest BCUT2D eigenvalue weighted by atomic mass is 32.2. The molecule has 0 spiro atoms. The van der Waals surface area contributed by atoms with Crippen LogP contribution in [-0.4, -0.2) is 22.0 Å². The Morgan fingerprint density at radius 1 is 1.59 bits per heavy atom. The van der Waals surface area contributed by atoms with E-state index >= 15 is 0 Å². The number of allylic oxidation sites excluding steroid dienone is 1. The predicted molar refractivity (Wildman–Crippen MR) is 91.8 cm³/mol. The molecule has 2 rings (SSSR count).